The highest BCUT2D eigenvalue weighted by atomic mass is 16.3. The average Bonchev–Trinajstić information content (AvgIpc) is 3.35. The predicted octanol–water partition coefficient (Wildman–Crippen LogP) is -1.36. The van der Waals surface area contributed by atoms with Gasteiger partial charge in [0, 0.05) is 37.8 Å². The van der Waals surface area contributed by atoms with Gasteiger partial charge in [-0.15, -0.1) is 0 Å². The number of anilines is 1. The molecule has 3 fully saturated rings. The van der Waals surface area contributed by atoms with Crippen LogP contribution in [0.25, 0.3) is 0 Å². The SMILES string of the molecule is CN(C)c1cc(CNC(=O)[C@@H]2CCCN2C)c(O)c2c1C[C@@H]1C[C@@H]3[C@@H](N(C)C)C(=O)C(C(N)=O)C(=O)[C@]3(O)C(=O)C1C2=O. The van der Waals surface area contributed by atoms with Crippen molar-refractivity contribution in [3.05, 3.63) is 22.8 Å². The van der Waals surface area contributed by atoms with E-state index < -0.39 is 64.4 Å². The molecule has 5 N–H and O–H groups in total. The van der Waals surface area contributed by atoms with Crippen molar-refractivity contribution in [2.45, 2.75) is 49.9 Å². The number of nitrogens with two attached hydrogens (primary N) is 1. The number of carbonyl (C=O) groups is 6. The molecule has 1 aromatic carbocycles. The third kappa shape index (κ3) is 4.56. The summed E-state index contributed by atoms with van der Waals surface area (Å²) >= 11 is 0. The number of ketones is 4. The maximum Gasteiger partial charge on any atom is 0.237 e. The number of nitrogens with zero attached hydrogens (tertiary/aromatic N) is 3. The normalized spacial score (nSPS) is 32.3. The van der Waals surface area contributed by atoms with Crippen LogP contribution in [0, 0.1) is 23.7 Å². The Morgan fingerprint density at radius 3 is 2.37 bits per heavy atom. The number of Topliss-reactive ketones (excluding diaryl/α,β-unsaturated/α-hetero) is 4. The molecule has 1 saturated heterocycles. The number of hydrogen-bond acceptors (Lipinski definition) is 11. The minimum absolute atomic E-state index is 0.0236. The number of hydrogen-bond donors (Lipinski definition) is 4. The maximum absolute atomic E-state index is 14.1. The summed E-state index contributed by atoms with van der Waals surface area (Å²) in [6.45, 7) is 0.743. The Morgan fingerprint density at radius 1 is 1.14 bits per heavy atom. The summed E-state index contributed by atoms with van der Waals surface area (Å²) in [6, 6.07) is 0.252. The van der Waals surface area contributed by atoms with Crippen LogP contribution in [0.15, 0.2) is 6.07 Å². The Kier molecular flexibility index (Phi) is 7.72. The van der Waals surface area contributed by atoms with Crippen molar-refractivity contribution < 1.29 is 39.0 Å². The molecule has 43 heavy (non-hydrogen) atoms. The number of benzene rings is 1. The summed E-state index contributed by atoms with van der Waals surface area (Å²) < 4.78 is 0. The van der Waals surface area contributed by atoms with Crippen LogP contribution >= 0.6 is 0 Å². The quantitative estimate of drug-likeness (QED) is 0.283. The minimum atomic E-state index is -2.78. The van der Waals surface area contributed by atoms with Crippen molar-refractivity contribution in [1.29, 1.82) is 0 Å². The lowest BCUT2D eigenvalue weighted by atomic mass is 9.52. The van der Waals surface area contributed by atoms with E-state index in [2.05, 4.69) is 5.32 Å². The van der Waals surface area contributed by atoms with Gasteiger partial charge in [0.1, 0.15) is 5.75 Å². The van der Waals surface area contributed by atoms with E-state index in [1.54, 1.807) is 39.2 Å². The van der Waals surface area contributed by atoms with Gasteiger partial charge >= 0.3 is 0 Å². The molecule has 0 aromatic heterocycles. The number of phenols is 1. The molecule has 4 aliphatic rings. The van der Waals surface area contributed by atoms with E-state index in [-0.39, 0.29) is 48.2 Å². The Balaban J connectivity index is 1.55. The van der Waals surface area contributed by atoms with E-state index in [1.807, 2.05) is 11.9 Å². The molecule has 3 aliphatic carbocycles. The number of carbonyl (C=O) groups excluding carboxylic acids is 6. The fraction of sp³-hybridized carbons (Fsp3) is 0.600. The van der Waals surface area contributed by atoms with Gasteiger partial charge in [-0.3, -0.25) is 38.6 Å². The molecule has 7 atom stereocenters. The number of aliphatic hydroxyl groups is 1. The van der Waals surface area contributed by atoms with Crippen LogP contribution in [0.5, 0.6) is 5.75 Å². The molecular formula is C30H39N5O8. The van der Waals surface area contributed by atoms with Gasteiger partial charge in [-0.2, -0.15) is 0 Å². The van der Waals surface area contributed by atoms with E-state index in [0.29, 0.717) is 17.7 Å². The van der Waals surface area contributed by atoms with Crippen LogP contribution in [0.4, 0.5) is 5.69 Å². The molecule has 5 rings (SSSR count). The van der Waals surface area contributed by atoms with Gasteiger partial charge in [0.25, 0.3) is 0 Å². The van der Waals surface area contributed by atoms with E-state index >= 15 is 0 Å². The molecule has 1 aliphatic heterocycles. The van der Waals surface area contributed by atoms with Gasteiger partial charge in [0.2, 0.25) is 11.8 Å². The molecular weight excluding hydrogens is 558 g/mol. The van der Waals surface area contributed by atoms with Crippen LogP contribution in [-0.4, -0.2) is 114 Å². The van der Waals surface area contributed by atoms with Gasteiger partial charge in [0.15, 0.2) is 34.7 Å². The number of nitrogens with one attached hydrogen (secondary N) is 1. The molecule has 2 amide bonds. The summed E-state index contributed by atoms with van der Waals surface area (Å²) in [5.41, 5.74) is 3.90. The molecule has 0 bridgehead atoms. The zero-order valence-corrected chi connectivity index (χ0v) is 25.0. The first-order valence-electron chi connectivity index (χ1n) is 14.5. The predicted molar refractivity (Wildman–Crippen MR) is 153 cm³/mol. The van der Waals surface area contributed by atoms with Crippen molar-refractivity contribution in [1.82, 2.24) is 15.1 Å². The van der Waals surface area contributed by atoms with E-state index in [0.717, 1.165) is 13.0 Å². The average molecular weight is 598 g/mol. The molecule has 0 radical (unpaired) electrons. The van der Waals surface area contributed by atoms with Gasteiger partial charge in [-0.25, -0.2) is 0 Å². The monoisotopic (exact) mass is 597 g/mol. The maximum atomic E-state index is 14.1. The lowest BCUT2D eigenvalue weighted by Gasteiger charge is -2.52. The number of likely N-dealkylation sites (tertiary alicyclic amines) is 1. The first-order valence-corrected chi connectivity index (χ1v) is 14.5. The highest BCUT2D eigenvalue weighted by Gasteiger charge is 2.69. The van der Waals surface area contributed by atoms with Gasteiger partial charge in [-0.05, 0) is 70.9 Å². The Labute approximate surface area is 249 Å². The lowest BCUT2D eigenvalue weighted by molar-refractivity contribution is -0.181. The van der Waals surface area contributed by atoms with Crippen LogP contribution in [0.1, 0.15) is 40.7 Å². The van der Waals surface area contributed by atoms with Gasteiger partial charge < -0.3 is 26.2 Å². The molecule has 0 spiro atoms. The standard InChI is InChI=1S/C30H39N5O8/c1-33(2)18-11-14(12-32-29(42)17-7-6-8-35(17)5)23(36)20-15(18)9-13-10-16-22(34(3)4)25(38)21(28(31)41)27(40)30(16,43)26(39)19(13)24(20)37/h11,13,16-17,19,21-22,36,43H,6-10,12H2,1-5H3,(H2,31,41)(H,32,42)/t13-,16-,17+,19?,21?,22-,30-/m1/s1. The smallest absolute Gasteiger partial charge is 0.237 e. The number of aromatic hydroxyl groups is 1. The zero-order chi connectivity index (χ0) is 31.7. The van der Waals surface area contributed by atoms with Crippen LogP contribution in [-0.2, 0) is 36.9 Å². The number of primary amides is 1. The van der Waals surface area contributed by atoms with Crippen molar-refractivity contribution in [3.8, 4) is 5.75 Å². The summed E-state index contributed by atoms with van der Waals surface area (Å²) in [7, 11) is 8.50. The zero-order valence-electron chi connectivity index (χ0n) is 25.0. The first kappa shape index (κ1) is 30.8. The second-order valence-corrected chi connectivity index (χ2v) is 12.8. The third-order valence-corrected chi connectivity index (χ3v) is 9.87. The lowest BCUT2D eigenvalue weighted by Crippen LogP contribution is -2.74. The van der Waals surface area contributed by atoms with Gasteiger partial charge in [-0.1, -0.05) is 0 Å². The summed E-state index contributed by atoms with van der Waals surface area (Å²) in [4.78, 5) is 85.1. The van der Waals surface area contributed by atoms with Crippen molar-refractivity contribution in [2.75, 3.05) is 46.7 Å². The second kappa shape index (κ2) is 10.8. The van der Waals surface area contributed by atoms with Crippen molar-refractivity contribution >= 4 is 40.6 Å². The second-order valence-electron chi connectivity index (χ2n) is 12.8. The Morgan fingerprint density at radius 2 is 1.81 bits per heavy atom. The summed E-state index contributed by atoms with van der Waals surface area (Å²) in [5, 5.41) is 26.0. The number of likely N-dealkylation sites (N-methyl/N-ethyl adjacent to an activating group) is 2. The molecule has 2 saturated carbocycles. The topological polar surface area (TPSA) is 191 Å². The van der Waals surface area contributed by atoms with Gasteiger partial charge in [0.05, 0.1) is 23.6 Å². The summed E-state index contributed by atoms with van der Waals surface area (Å²) in [6.07, 6.45) is 1.75. The van der Waals surface area contributed by atoms with Crippen molar-refractivity contribution in [2.24, 2.45) is 29.4 Å². The fourth-order valence-corrected chi connectivity index (χ4v) is 7.78. The highest BCUT2D eigenvalue weighted by Crippen LogP contribution is 2.52. The molecule has 13 nitrogen and oxygen atoms in total. The molecule has 232 valence electrons. The number of fused-ring (bicyclic) bond motifs is 3. The summed E-state index contributed by atoms with van der Waals surface area (Å²) in [5.74, 6) is -11.2. The van der Waals surface area contributed by atoms with Crippen LogP contribution in [0.3, 0.4) is 0 Å². The van der Waals surface area contributed by atoms with Crippen LogP contribution < -0.4 is 16.0 Å². The number of rotatable bonds is 6. The fourth-order valence-electron chi connectivity index (χ4n) is 7.78. The Bertz CT molecular complexity index is 1440. The largest absolute Gasteiger partial charge is 0.507 e. The Hall–Kier alpha value is -3.68. The van der Waals surface area contributed by atoms with Crippen molar-refractivity contribution in [3.63, 3.8) is 0 Å². The molecule has 1 aromatic rings. The minimum Gasteiger partial charge on any atom is -0.507 e. The molecule has 13 heteroatoms. The third-order valence-electron chi connectivity index (χ3n) is 9.87. The highest BCUT2D eigenvalue weighted by molar-refractivity contribution is 6.32. The first-order chi connectivity index (χ1) is 20.1. The number of amides is 2. The van der Waals surface area contributed by atoms with E-state index in [1.165, 1.54) is 4.90 Å². The van der Waals surface area contributed by atoms with Crippen LogP contribution in [0.2, 0.25) is 0 Å². The molecule has 2 unspecified atom stereocenters. The van der Waals surface area contributed by atoms with E-state index in [9.17, 15) is 39.0 Å². The number of phenolic OH excluding ortho intramolecular Hbond substituents is 1. The molecule has 1 heterocycles. The van der Waals surface area contributed by atoms with E-state index in [4.69, 9.17) is 5.73 Å².